The fourth-order valence-corrected chi connectivity index (χ4v) is 1.23. The third-order valence-corrected chi connectivity index (χ3v) is 2.12. The number of hydrogen-bond acceptors (Lipinski definition) is 1. The van der Waals surface area contributed by atoms with E-state index in [1.807, 2.05) is 0 Å². The van der Waals surface area contributed by atoms with Crippen molar-refractivity contribution in [2.24, 2.45) is 5.41 Å². The molecule has 0 N–H and O–H groups in total. The molecule has 0 saturated carbocycles. The number of rotatable bonds is 4. The summed E-state index contributed by atoms with van der Waals surface area (Å²) in [5, 5.41) is 0. The highest BCUT2D eigenvalue weighted by Gasteiger charge is 2.18. The van der Waals surface area contributed by atoms with Crippen LogP contribution in [0.15, 0.2) is 12.3 Å². The van der Waals surface area contributed by atoms with Crippen molar-refractivity contribution in [2.75, 3.05) is 13.1 Å². The number of allylic oxidation sites excluding steroid dienone is 1. The highest BCUT2D eigenvalue weighted by molar-refractivity contribution is 5.03. The second-order valence-corrected chi connectivity index (χ2v) is 4.28. The van der Waals surface area contributed by atoms with Crippen molar-refractivity contribution in [1.82, 2.24) is 4.90 Å². The molecule has 0 heterocycles. The van der Waals surface area contributed by atoms with E-state index >= 15 is 0 Å². The topological polar surface area (TPSA) is 3.24 Å². The van der Waals surface area contributed by atoms with Crippen molar-refractivity contribution in [3.8, 4) is 0 Å². The van der Waals surface area contributed by atoms with Gasteiger partial charge in [0.05, 0.1) is 0 Å². The van der Waals surface area contributed by atoms with E-state index in [-0.39, 0.29) is 5.41 Å². The minimum atomic E-state index is 0.213. The van der Waals surface area contributed by atoms with Crippen molar-refractivity contribution in [3.63, 3.8) is 0 Å². The molecule has 0 aromatic rings. The van der Waals surface area contributed by atoms with E-state index in [1.54, 1.807) is 0 Å². The molecule has 0 aliphatic rings. The maximum absolute atomic E-state index is 4.14. The summed E-state index contributed by atoms with van der Waals surface area (Å²) >= 11 is 0. The Labute approximate surface area is 77.5 Å². The van der Waals surface area contributed by atoms with Gasteiger partial charge in [0.15, 0.2) is 0 Å². The minimum absolute atomic E-state index is 0.213. The highest BCUT2D eigenvalue weighted by atomic mass is 15.1. The summed E-state index contributed by atoms with van der Waals surface area (Å²) in [7, 11) is 0. The largest absolute Gasteiger partial charge is 0.375 e. The van der Waals surface area contributed by atoms with Crippen LogP contribution in [0.4, 0.5) is 0 Å². The molecule has 0 spiro atoms. The first-order valence-electron chi connectivity index (χ1n) is 4.87. The highest BCUT2D eigenvalue weighted by Crippen LogP contribution is 2.26. The molecule has 1 heteroatoms. The van der Waals surface area contributed by atoms with Gasteiger partial charge in [-0.25, -0.2) is 0 Å². The summed E-state index contributed by atoms with van der Waals surface area (Å²) < 4.78 is 0. The van der Waals surface area contributed by atoms with Crippen molar-refractivity contribution in [1.29, 1.82) is 0 Å². The molecular weight excluding hydrogens is 146 g/mol. The molecule has 0 rings (SSSR count). The lowest BCUT2D eigenvalue weighted by Crippen LogP contribution is -2.30. The number of nitrogens with zero attached hydrogens (tertiary/aromatic N) is 1. The summed E-state index contributed by atoms with van der Waals surface area (Å²) in [5.41, 5.74) is 1.47. The van der Waals surface area contributed by atoms with Crippen LogP contribution in [-0.4, -0.2) is 18.0 Å². The summed E-state index contributed by atoms with van der Waals surface area (Å²) in [6.45, 7) is 17.4. The molecule has 0 aliphatic carbocycles. The van der Waals surface area contributed by atoms with E-state index in [2.05, 4.69) is 46.1 Å². The van der Waals surface area contributed by atoms with Gasteiger partial charge in [-0.2, -0.15) is 0 Å². The molecule has 0 amide bonds. The van der Waals surface area contributed by atoms with Gasteiger partial charge in [-0.3, -0.25) is 0 Å². The molecule has 0 aromatic carbocycles. The SMILES string of the molecule is C=C(N(CC)CCC)C(C)(C)C. The van der Waals surface area contributed by atoms with Crippen LogP contribution in [0.5, 0.6) is 0 Å². The van der Waals surface area contributed by atoms with E-state index in [1.165, 1.54) is 12.1 Å². The van der Waals surface area contributed by atoms with Gasteiger partial charge in [-0.05, 0) is 13.3 Å². The second-order valence-electron chi connectivity index (χ2n) is 4.28. The molecular formula is C11H23N. The van der Waals surface area contributed by atoms with Gasteiger partial charge >= 0.3 is 0 Å². The van der Waals surface area contributed by atoms with Crippen molar-refractivity contribution in [2.45, 2.75) is 41.0 Å². The van der Waals surface area contributed by atoms with Gasteiger partial charge in [-0.15, -0.1) is 0 Å². The Balaban J connectivity index is 4.22. The fraction of sp³-hybridized carbons (Fsp3) is 0.818. The molecule has 72 valence electrons. The molecule has 0 bridgehead atoms. The first-order valence-corrected chi connectivity index (χ1v) is 4.87. The molecule has 0 fully saturated rings. The molecule has 0 aliphatic heterocycles. The average molecular weight is 169 g/mol. The quantitative estimate of drug-likeness (QED) is 0.624. The fourth-order valence-electron chi connectivity index (χ4n) is 1.23. The molecule has 0 unspecified atom stereocenters. The lowest BCUT2D eigenvalue weighted by molar-refractivity contribution is 0.280. The van der Waals surface area contributed by atoms with Crippen LogP contribution in [-0.2, 0) is 0 Å². The first kappa shape index (κ1) is 11.5. The Morgan fingerprint density at radius 2 is 1.75 bits per heavy atom. The minimum Gasteiger partial charge on any atom is -0.375 e. The zero-order chi connectivity index (χ0) is 9.78. The predicted octanol–water partition coefficient (Wildman–Crippen LogP) is 3.28. The Bertz CT molecular complexity index is 142. The molecule has 0 radical (unpaired) electrons. The van der Waals surface area contributed by atoms with Crippen LogP contribution >= 0.6 is 0 Å². The Morgan fingerprint density at radius 1 is 1.25 bits per heavy atom. The van der Waals surface area contributed by atoms with Crippen LogP contribution in [0.3, 0.4) is 0 Å². The van der Waals surface area contributed by atoms with Crippen LogP contribution in [0.1, 0.15) is 41.0 Å². The van der Waals surface area contributed by atoms with Crippen LogP contribution < -0.4 is 0 Å². The van der Waals surface area contributed by atoms with Crippen LogP contribution in [0.25, 0.3) is 0 Å². The lowest BCUT2D eigenvalue weighted by atomic mass is 9.92. The standard InChI is InChI=1S/C11H23N/c1-7-9-12(8-2)10(3)11(4,5)6/h3,7-9H2,1-2,4-6H3. The van der Waals surface area contributed by atoms with E-state index in [0.29, 0.717) is 0 Å². The molecule has 1 nitrogen and oxygen atoms in total. The molecule has 12 heavy (non-hydrogen) atoms. The van der Waals surface area contributed by atoms with Gasteiger partial charge < -0.3 is 4.90 Å². The van der Waals surface area contributed by atoms with Crippen LogP contribution in [0, 0.1) is 5.41 Å². The Hall–Kier alpha value is -0.460. The van der Waals surface area contributed by atoms with Gasteiger partial charge in [0, 0.05) is 24.2 Å². The third-order valence-electron chi connectivity index (χ3n) is 2.12. The maximum atomic E-state index is 4.14. The van der Waals surface area contributed by atoms with Gasteiger partial charge in [-0.1, -0.05) is 34.3 Å². The summed E-state index contributed by atoms with van der Waals surface area (Å²) in [4.78, 5) is 2.36. The predicted molar refractivity (Wildman–Crippen MR) is 56.1 cm³/mol. The van der Waals surface area contributed by atoms with Crippen molar-refractivity contribution < 1.29 is 0 Å². The Morgan fingerprint density at radius 3 is 2.00 bits per heavy atom. The monoisotopic (exact) mass is 169 g/mol. The molecule has 0 aromatic heterocycles. The third kappa shape index (κ3) is 3.29. The summed E-state index contributed by atoms with van der Waals surface area (Å²) in [6, 6.07) is 0. The van der Waals surface area contributed by atoms with Crippen LogP contribution in [0.2, 0.25) is 0 Å². The zero-order valence-electron chi connectivity index (χ0n) is 9.28. The van der Waals surface area contributed by atoms with Crippen molar-refractivity contribution >= 4 is 0 Å². The van der Waals surface area contributed by atoms with E-state index < -0.39 is 0 Å². The average Bonchev–Trinajstić information content (AvgIpc) is 1.97. The first-order chi connectivity index (χ1) is 5.43. The van der Waals surface area contributed by atoms with Gasteiger partial charge in [0.25, 0.3) is 0 Å². The lowest BCUT2D eigenvalue weighted by Gasteiger charge is -2.33. The van der Waals surface area contributed by atoms with E-state index in [0.717, 1.165) is 13.1 Å². The maximum Gasteiger partial charge on any atom is 0.0172 e. The summed E-state index contributed by atoms with van der Waals surface area (Å²) in [5.74, 6) is 0. The Kier molecular flexibility index (Phi) is 4.36. The van der Waals surface area contributed by atoms with E-state index in [4.69, 9.17) is 0 Å². The van der Waals surface area contributed by atoms with Gasteiger partial charge in [0.2, 0.25) is 0 Å². The number of hydrogen-bond donors (Lipinski definition) is 0. The summed E-state index contributed by atoms with van der Waals surface area (Å²) in [6.07, 6.45) is 1.20. The smallest absolute Gasteiger partial charge is 0.0172 e. The normalized spacial score (nSPS) is 11.4. The zero-order valence-corrected chi connectivity index (χ0v) is 9.28. The molecule has 0 atom stereocenters. The second kappa shape index (κ2) is 4.54. The van der Waals surface area contributed by atoms with E-state index in [9.17, 15) is 0 Å². The van der Waals surface area contributed by atoms with Crippen molar-refractivity contribution in [3.05, 3.63) is 12.3 Å². The molecule has 0 saturated heterocycles. The van der Waals surface area contributed by atoms with Gasteiger partial charge in [0.1, 0.15) is 0 Å².